The van der Waals surface area contributed by atoms with E-state index in [1.807, 2.05) is 90.4 Å². The number of imidazole rings is 1. The summed E-state index contributed by atoms with van der Waals surface area (Å²) in [5, 5.41) is 5.24. The minimum atomic E-state index is -0.119. The number of aromatic nitrogens is 2. The van der Waals surface area contributed by atoms with Gasteiger partial charge in [-0.2, -0.15) is 0 Å². The van der Waals surface area contributed by atoms with Crippen molar-refractivity contribution in [3.05, 3.63) is 102 Å². The normalized spacial score (nSPS) is 11.1. The number of hydrogen-bond donors (Lipinski definition) is 1. The van der Waals surface area contributed by atoms with E-state index in [4.69, 9.17) is 4.98 Å². The fourth-order valence-corrected chi connectivity index (χ4v) is 3.73. The van der Waals surface area contributed by atoms with E-state index in [0.717, 1.165) is 44.5 Å². The van der Waals surface area contributed by atoms with E-state index in [1.54, 1.807) is 0 Å². The van der Waals surface area contributed by atoms with E-state index in [1.165, 1.54) is 0 Å². The molecule has 1 N–H and O–H groups in total. The second-order valence-corrected chi connectivity index (χ2v) is 7.59. The second kappa shape index (κ2) is 7.16. The van der Waals surface area contributed by atoms with Gasteiger partial charge >= 0.3 is 0 Å². The van der Waals surface area contributed by atoms with Crippen LogP contribution in [0.15, 0.2) is 85.2 Å². The molecule has 146 valence electrons. The van der Waals surface area contributed by atoms with Crippen LogP contribution >= 0.6 is 0 Å². The number of carbonyl (C=O) groups excluding carboxylic acids is 1. The van der Waals surface area contributed by atoms with Gasteiger partial charge < -0.3 is 9.72 Å². The number of nitrogens with zero attached hydrogens (tertiary/aromatic N) is 2. The number of anilines is 1. The largest absolute Gasteiger partial charge is 0.322 e. The van der Waals surface area contributed by atoms with E-state index in [-0.39, 0.29) is 5.91 Å². The summed E-state index contributed by atoms with van der Waals surface area (Å²) >= 11 is 0. The van der Waals surface area contributed by atoms with Gasteiger partial charge in [0.2, 0.25) is 0 Å². The molecule has 0 spiro atoms. The highest BCUT2D eigenvalue weighted by Crippen LogP contribution is 2.26. The van der Waals surface area contributed by atoms with E-state index in [9.17, 15) is 4.79 Å². The molecule has 0 saturated heterocycles. The quantitative estimate of drug-likeness (QED) is 0.408. The van der Waals surface area contributed by atoms with Crippen LogP contribution < -0.4 is 5.32 Å². The zero-order valence-electron chi connectivity index (χ0n) is 16.9. The van der Waals surface area contributed by atoms with Crippen LogP contribution in [-0.4, -0.2) is 15.3 Å². The zero-order chi connectivity index (χ0) is 20.7. The Morgan fingerprint density at radius 3 is 2.53 bits per heavy atom. The molecule has 0 radical (unpaired) electrons. The highest BCUT2D eigenvalue weighted by molar-refractivity contribution is 6.07. The van der Waals surface area contributed by atoms with Gasteiger partial charge in [-0.1, -0.05) is 48.5 Å². The molecule has 5 aromatic rings. The highest BCUT2D eigenvalue weighted by atomic mass is 16.1. The Balaban J connectivity index is 1.48. The molecule has 1 amide bonds. The molecule has 0 aliphatic carbocycles. The van der Waals surface area contributed by atoms with Gasteiger partial charge in [0.25, 0.3) is 5.91 Å². The van der Waals surface area contributed by atoms with Crippen molar-refractivity contribution < 1.29 is 4.79 Å². The number of hydrogen-bond acceptors (Lipinski definition) is 2. The van der Waals surface area contributed by atoms with Crippen molar-refractivity contribution in [2.75, 3.05) is 5.32 Å². The average Bonchev–Trinajstić information content (AvgIpc) is 3.20. The molecule has 0 unspecified atom stereocenters. The van der Waals surface area contributed by atoms with Gasteiger partial charge in [0, 0.05) is 29.2 Å². The maximum atomic E-state index is 12.9. The number of aryl methyl sites for hydroxylation is 2. The predicted octanol–water partition coefficient (Wildman–Crippen LogP) is 6.02. The number of fused-ring (bicyclic) bond motifs is 2. The molecule has 3 aromatic carbocycles. The molecule has 30 heavy (non-hydrogen) atoms. The first-order valence-corrected chi connectivity index (χ1v) is 9.94. The van der Waals surface area contributed by atoms with Gasteiger partial charge in [-0.3, -0.25) is 4.79 Å². The average molecular weight is 391 g/mol. The van der Waals surface area contributed by atoms with Crippen molar-refractivity contribution in [1.82, 2.24) is 9.38 Å². The third-order valence-corrected chi connectivity index (χ3v) is 5.47. The molecule has 4 heteroatoms. The summed E-state index contributed by atoms with van der Waals surface area (Å²) in [6.45, 7) is 4.05. The third kappa shape index (κ3) is 3.22. The number of amides is 1. The van der Waals surface area contributed by atoms with Crippen molar-refractivity contribution in [3.63, 3.8) is 0 Å². The SMILES string of the molecule is Cc1ccc(-c2cn3cccc(C)c3n2)cc1NC(=O)c1ccc2ccccc2c1. The second-order valence-electron chi connectivity index (χ2n) is 7.59. The Morgan fingerprint density at radius 1 is 0.867 bits per heavy atom. The van der Waals surface area contributed by atoms with E-state index < -0.39 is 0 Å². The van der Waals surface area contributed by atoms with Crippen LogP contribution in [0.5, 0.6) is 0 Å². The Labute approximate surface area is 174 Å². The first-order chi connectivity index (χ1) is 14.6. The summed E-state index contributed by atoms with van der Waals surface area (Å²) in [6, 6.07) is 23.9. The zero-order valence-corrected chi connectivity index (χ0v) is 16.9. The van der Waals surface area contributed by atoms with Crippen LogP contribution in [0.1, 0.15) is 21.5 Å². The smallest absolute Gasteiger partial charge is 0.255 e. The third-order valence-electron chi connectivity index (χ3n) is 5.47. The van der Waals surface area contributed by atoms with Gasteiger partial charge in [0.1, 0.15) is 5.65 Å². The maximum absolute atomic E-state index is 12.9. The number of pyridine rings is 1. The van der Waals surface area contributed by atoms with Crippen LogP contribution in [-0.2, 0) is 0 Å². The van der Waals surface area contributed by atoms with E-state index >= 15 is 0 Å². The fraction of sp³-hybridized carbons (Fsp3) is 0.0769. The monoisotopic (exact) mass is 391 g/mol. The molecule has 2 aromatic heterocycles. The van der Waals surface area contributed by atoms with Gasteiger partial charge in [0.05, 0.1) is 5.69 Å². The first kappa shape index (κ1) is 18.1. The summed E-state index contributed by atoms with van der Waals surface area (Å²) < 4.78 is 2.03. The lowest BCUT2D eigenvalue weighted by atomic mass is 10.1. The number of carbonyl (C=O) groups is 1. The Kier molecular flexibility index (Phi) is 4.32. The molecule has 2 heterocycles. The fourth-order valence-electron chi connectivity index (χ4n) is 3.73. The predicted molar refractivity (Wildman–Crippen MR) is 122 cm³/mol. The van der Waals surface area contributed by atoms with E-state index in [0.29, 0.717) is 5.56 Å². The molecule has 0 saturated carbocycles. The Bertz CT molecular complexity index is 1410. The first-order valence-electron chi connectivity index (χ1n) is 9.94. The molecule has 5 rings (SSSR count). The topological polar surface area (TPSA) is 46.4 Å². The van der Waals surface area contributed by atoms with Crippen LogP contribution in [0, 0.1) is 13.8 Å². The van der Waals surface area contributed by atoms with Crippen molar-refractivity contribution >= 4 is 28.0 Å². The summed E-state index contributed by atoms with van der Waals surface area (Å²) in [6.07, 6.45) is 4.01. The van der Waals surface area contributed by atoms with Crippen LogP contribution in [0.2, 0.25) is 0 Å². The Hall–Kier alpha value is -3.92. The minimum absolute atomic E-state index is 0.119. The maximum Gasteiger partial charge on any atom is 0.255 e. The molecule has 0 fully saturated rings. The van der Waals surface area contributed by atoms with Gasteiger partial charge in [0.15, 0.2) is 0 Å². The summed E-state index contributed by atoms with van der Waals surface area (Å²) in [4.78, 5) is 17.7. The molecule has 0 aliphatic rings. The van der Waals surface area contributed by atoms with E-state index in [2.05, 4.69) is 18.3 Å². The number of nitrogens with one attached hydrogen (secondary N) is 1. The minimum Gasteiger partial charge on any atom is -0.322 e. The summed E-state index contributed by atoms with van der Waals surface area (Å²) in [5.74, 6) is -0.119. The van der Waals surface area contributed by atoms with Crippen LogP contribution in [0.25, 0.3) is 27.7 Å². The van der Waals surface area contributed by atoms with Gasteiger partial charge in [-0.25, -0.2) is 4.98 Å². The number of rotatable bonds is 3. The molecule has 0 aliphatic heterocycles. The van der Waals surface area contributed by atoms with Crippen molar-refractivity contribution in [2.24, 2.45) is 0 Å². The molecule has 0 atom stereocenters. The van der Waals surface area contributed by atoms with Crippen molar-refractivity contribution in [3.8, 4) is 11.3 Å². The van der Waals surface area contributed by atoms with Gasteiger partial charge in [-0.05, 0) is 60.0 Å². The summed E-state index contributed by atoms with van der Waals surface area (Å²) in [7, 11) is 0. The molecule has 0 bridgehead atoms. The van der Waals surface area contributed by atoms with Gasteiger partial charge in [-0.15, -0.1) is 0 Å². The number of benzene rings is 3. The van der Waals surface area contributed by atoms with Crippen molar-refractivity contribution in [2.45, 2.75) is 13.8 Å². The highest BCUT2D eigenvalue weighted by Gasteiger charge is 2.12. The lowest BCUT2D eigenvalue weighted by Crippen LogP contribution is -2.12. The summed E-state index contributed by atoms with van der Waals surface area (Å²) in [5.41, 5.74) is 6.35. The molecule has 4 nitrogen and oxygen atoms in total. The lowest BCUT2D eigenvalue weighted by Gasteiger charge is -2.10. The van der Waals surface area contributed by atoms with Crippen LogP contribution in [0.4, 0.5) is 5.69 Å². The lowest BCUT2D eigenvalue weighted by molar-refractivity contribution is 0.102. The molecular formula is C26H21N3O. The van der Waals surface area contributed by atoms with Crippen molar-refractivity contribution in [1.29, 1.82) is 0 Å². The molecular weight excluding hydrogens is 370 g/mol. The van der Waals surface area contributed by atoms with Crippen LogP contribution in [0.3, 0.4) is 0 Å². The Morgan fingerprint density at radius 2 is 1.70 bits per heavy atom. The standard InChI is InChI=1S/C26H21N3O/c1-17-9-10-21(24-16-29-13-5-6-18(2)25(29)27-24)15-23(17)28-26(30)22-12-11-19-7-3-4-8-20(19)14-22/h3-16H,1-2H3,(H,28,30).